The quantitative estimate of drug-likeness (QED) is 0.799. The monoisotopic (exact) mass is 205 g/mol. The zero-order chi connectivity index (χ0) is 10.7. The first-order valence-electron chi connectivity index (χ1n) is 5.61. The molecule has 0 unspecified atom stereocenters. The molecule has 0 aliphatic carbocycles. The van der Waals surface area contributed by atoms with E-state index in [0.717, 1.165) is 0 Å². The summed E-state index contributed by atoms with van der Waals surface area (Å²) in [6.07, 6.45) is 6.22. The lowest BCUT2D eigenvalue weighted by Gasteiger charge is -2.30. The van der Waals surface area contributed by atoms with Crippen molar-refractivity contribution in [3.63, 3.8) is 0 Å². The van der Waals surface area contributed by atoms with E-state index in [1.54, 1.807) is 0 Å². The van der Waals surface area contributed by atoms with E-state index in [1.807, 2.05) is 12.4 Å². The molecule has 0 radical (unpaired) electrons. The average Bonchev–Trinajstić information content (AvgIpc) is 2.25. The molecule has 0 aromatic carbocycles. The van der Waals surface area contributed by atoms with Crippen molar-refractivity contribution in [2.75, 3.05) is 25.5 Å². The minimum Gasteiger partial charge on any atom is -0.381 e. The molecule has 1 aromatic rings. The van der Waals surface area contributed by atoms with Crippen molar-refractivity contribution < 1.29 is 0 Å². The summed E-state index contributed by atoms with van der Waals surface area (Å²) < 4.78 is 0. The first kappa shape index (κ1) is 10.4. The highest BCUT2D eigenvalue weighted by Gasteiger charge is 2.16. The van der Waals surface area contributed by atoms with Crippen molar-refractivity contribution in [2.45, 2.75) is 25.8 Å². The van der Waals surface area contributed by atoms with E-state index in [1.165, 1.54) is 37.2 Å². The Bertz CT molecular complexity index is 316. The molecular formula is C12H19N3. The molecule has 2 rings (SSSR count). The van der Waals surface area contributed by atoms with Crippen molar-refractivity contribution >= 4 is 5.69 Å². The van der Waals surface area contributed by atoms with Crippen LogP contribution in [-0.4, -0.2) is 36.1 Å². The molecule has 0 amide bonds. The van der Waals surface area contributed by atoms with Crippen LogP contribution >= 0.6 is 0 Å². The molecule has 3 heteroatoms. The van der Waals surface area contributed by atoms with Crippen LogP contribution in [0.5, 0.6) is 0 Å². The van der Waals surface area contributed by atoms with Gasteiger partial charge in [0.25, 0.3) is 0 Å². The Labute approximate surface area is 91.5 Å². The lowest BCUT2D eigenvalue weighted by atomic mass is 10.0. The normalized spacial score (nSPS) is 19.1. The zero-order valence-electron chi connectivity index (χ0n) is 9.53. The second-order valence-electron chi connectivity index (χ2n) is 4.41. The van der Waals surface area contributed by atoms with Gasteiger partial charge in [-0.2, -0.15) is 0 Å². The SMILES string of the molecule is Cc1ccncc1NC1CCN(C)CC1. The maximum Gasteiger partial charge on any atom is 0.0558 e. The molecule has 1 aromatic heterocycles. The summed E-state index contributed by atoms with van der Waals surface area (Å²) in [5, 5.41) is 3.58. The van der Waals surface area contributed by atoms with Crippen molar-refractivity contribution in [3.05, 3.63) is 24.0 Å². The minimum absolute atomic E-state index is 0.615. The Morgan fingerprint density at radius 1 is 1.40 bits per heavy atom. The molecule has 82 valence electrons. The van der Waals surface area contributed by atoms with Gasteiger partial charge in [0, 0.05) is 12.2 Å². The third-order valence-electron chi connectivity index (χ3n) is 3.12. The van der Waals surface area contributed by atoms with E-state index in [2.05, 4.69) is 35.2 Å². The highest BCUT2D eigenvalue weighted by Crippen LogP contribution is 2.17. The summed E-state index contributed by atoms with van der Waals surface area (Å²) in [5.41, 5.74) is 2.47. The van der Waals surface area contributed by atoms with E-state index in [-0.39, 0.29) is 0 Å². The zero-order valence-corrected chi connectivity index (χ0v) is 9.53. The van der Waals surface area contributed by atoms with Gasteiger partial charge in [-0.15, -0.1) is 0 Å². The van der Waals surface area contributed by atoms with Crippen LogP contribution < -0.4 is 5.32 Å². The number of aromatic nitrogens is 1. The fourth-order valence-corrected chi connectivity index (χ4v) is 1.99. The molecule has 15 heavy (non-hydrogen) atoms. The molecule has 1 aliphatic heterocycles. The lowest BCUT2D eigenvalue weighted by molar-refractivity contribution is 0.264. The number of hydrogen-bond acceptors (Lipinski definition) is 3. The van der Waals surface area contributed by atoms with Crippen molar-refractivity contribution in [3.8, 4) is 0 Å². The molecule has 1 aliphatic rings. The summed E-state index contributed by atoms with van der Waals surface area (Å²) in [7, 11) is 2.19. The third-order valence-corrected chi connectivity index (χ3v) is 3.12. The predicted octanol–water partition coefficient (Wildman–Crippen LogP) is 1.90. The van der Waals surface area contributed by atoms with Gasteiger partial charge in [0.15, 0.2) is 0 Å². The number of aryl methyl sites for hydroxylation is 1. The second-order valence-corrected chi connectivity index (χ2v) is 4.41. The smallest absolute Gasteiger partial charge is 0.0558 e. The van der Waals surface area contributed by atoms with Gasteiger partial charge in [-0.25, -0.2) is 0 Å². The molecule has 2 heterocycles. The van der Waals surface area contributed by atoms with E-state index in [0.29, 0.717) is 6.04 Å². The van der Waals surface area contributed by atoms with Gasteiger partial charge in [0.05, 0.1) is 11.9 Å². The lowest BCUT2D eigenvalue weighted by Crippen LogP contribution is -2.36. The van der Waals surface area contributed by atoms with Crippen molar-refractivity contribution in [1.82, 2.24) is 9.88 Å². The fraction of sp³-hybridized carbons (Fsp3) is 0.583. The highest BCUT2D eigenvalue weighted by molar-refractivity contribution is 5.48. The summed E-state index contributed by atoms with van der Waals surface area (Å²) in [5.74, 6) is 0. The number of likely N-dealkylation sites (tertiary alicyclic amines) is 1. The molecule has 1 saturated heterocycles. The minimum atomic E-state index is 0.615. The van der Waals surface area contributed by atoms with Crippen LogP contribution in [0, 0.1) is 6.92 Å². The number of rotatable bonds is 2. The predicted molar refractivity (Wildman–Crippen MR) is 63.1 cm³/mol. The van der Waals surface area contributed by atoms with Gasteiger partial charge in [-0.05, 0) is 51.5 Å². The summed E-state index contributed by atoms with van der Waals surface area (Å²) in [6.45, 7) is 4.51. The Morgan fingerprint density at radius 3 is 2.80 bits per heavy atom. The van der Waals surface area contributed by atoms with E-state index in [4.69, 9.17) is 0 Å². The van der Waals surface area contributed by atoms with Crippen molar-refractivity contribution in [1.29, 1.82) is 0 Å². The largest absolute Gasteiger partial charge is 0.381 e. The molecule has 0 bridgehead atoms. The van der Waals surface area contributed by atoms with E-state index in [9.17, 15) is 0 Å². The maximum absolute atomic E-state index is 4.15. The van der Waals surface area contributed by atoms with Crippen LogP contribution in [0.25, 0.3) is 0 Å². The highest BCUT2D eigenvalue weighted by atomic mass is 15.1. The van der Waals surface area contributed by atoms with Gasteiger partial charge in [-0.3, -0.25) is 4.98 Å². The van der Waals surface area contributed by atoms with E-state index < -0.39 is 0 Å². The molecule has 0 spiro atoms. The first-order valence-corrected chi connectivity index (χ1v) is 5.61. The fourth-order valence-electron chi connectivity index (χ4n) is 1.99. The maximum atomic E-state index is 4.15. The molecule has 0 saturated carbocycles. The Kier molecular flexibility index (Phi) is 3.21. The number of anilines is 1. The molecule has 1 N–H and O–H groups in total. The topological polar surface area (TPSA) is 28.2 Å². The number of pyridine rings is 1. The van der Waals surface area contributed by atoms with Gasteiger partial charge in [-0.1, -0.05) is 0 Å². The van der Waals surface area contributed by atoms with Gasteiger partial charge in [0.2, 0.25) is 0 Å². The molecular weight excluding hydrogens is 186 g/mol. The standard InChI is InChI=1S/C12H19N3/c1-10-3-6-13-9-12(10)14-11-4-7-15(2)8-5-11/h3,6,9,11,14H,4-5,7-8H2,1-2H3. The number of piperidine rings is 1. The van der Waals surface area contributed by atoms with Crippen LogP contribution in [-0.2, 0) is 0 Å². The second kappa shape index (κ2) is 4.62. The number of nitrogens with zero attached hydrogens (tertiary/aromatic N) is 2. The van der Waals surface area contributed by atoms with Crippen LogP contribution in [0.3, 0.4) is 0 Å². The molecule has 1 fully saturated rings. The third kappa shape index (κ3) is 2.69. The van der Waals surface area contributed by atoms with Crippen LogP contribution in [0.1, 0.15) is 18.4 Å². The molecule has 0 atom stereocenters. The molecule has 3 nitrogen and oxygen atoms in total. The summed E-state index contributed by atoms with van der Waals surface area (Å²) >= 11 is 0. The Balaban J connectivity index is 1.95. The van der Waals surface area contributed by atoms with Gasteiger partial charge < -0.3 is 10.2 Å². The Morgan fingerprint density at radius 2 is 2.13 bits per heavy atom. The number of nitrogens with one attached hydrogen (secondary N) is 1. The van der Waals surface area contributed by atoms with Crippen LogP contribution in [0.2, 0.25) is 0 Å². The average molecular weight is 205 g/mol. The van der Waals surface area contributed by atoms with Gasteiger partial charge in [0.1, 0.15) is 0 Å². The summed E-state index contributed by atoms with van der Waals surface area (Å²) in [6, 6.07) is 2.67. The summed E-state index contributed by atoms with van der Waals surface area (Å²) in [4.78, 5) is 6.54. The first-order chi connectivity index (χ1) is 7.25. The van der Waals surface area contributed by atoms with E-state index >= 15 is 0 Å². The van der Waals surface area contributed by atoms with Crippen molar-refractivity contribution in [2.24, 2.45) is 0 Å². The van der Waals surface area contributed by atoms with Crippen LogP contribution in [0.4, 0.5) is 5.69 Å². The van der Waals surface area contributed by atoms with Gasteiger partial charge >= 0.3 is 0 Å². The number of hydrogen-bond donors (Lipinski definition) is 1. The van der Waals surface area contributed by atoms with Crippen LogP contribution in [0.15, 0.2) is 18.5 Å². The Hall–Kier alpha value is -1.09.